The summed E-state index contributed by atoms with van der Waals surface area (Å²) in [6, 6.07) is 25.1. The van der Waals surface area contributed by atoms with Crippen molar-refractivity contribution in [1.29, 1.82) is 5.26 Å². The minimum atomic E-state index is -0.473. The molecule has 7 heteroatoms. The standard InChI is InChI=1S/C28H21IN2O4/c1-33-25-12-18(26-21-10-9-19(32)13-24(21)35-28(31)22(26)14-30)11-23(29)27(25)34-15-17-7-4-6-16-5-2-3-8-20(16)17/h2-13,26,32H,15,31H2,1H3/t26-/m1/s1. The fraction of sp³-hybridized carbons (Fsp3) is 0.107. The van der Waals surface area contributed by atoms with Crippen LogP contribution in [0.1, 0.15) is 22.6 Å². The Morgan fingerprint density at radius 3 is 2.69 bits per heavy atom. The number of nitriles is 1. The van der Waals surface area contributed by atoms with Gasteiger partial charge in [-0.3, -0.25) is 0 Å². The molecule has 3 N–H and O–H groups in total. The lowest BCUT2D eigenvalue weighted by Crippen LogP contribution is -2.21. The van der Waals surface area contributed by atoms with Crippen molar-refractivity contribution in [2.75, 3.05) is 7.11 Å². The van der Waals surface area contributed by atoms with Gasteiger partial charge in [0.25, 0.3) is 0 Å². The van der Waals surface area contributed by atoms with Gasteiger partial charge in [-0.25, -0.2) is 0 Å². The van der Waals surface area contributed by atoms with Crippen LogP contribution in [0.25, 0.3) is 10.8 Å². The average Bonchev–Trinajstić information content (AvgIpc) is 2.86. The molecular weight excluding hydrogens is 555 g/mol. The first kappa shape index (κ1) is 22.9. The smallest absolute Gasteiger partial charge is 0.205 e. The monoisotopic (exact) mass is 576 g/mol. The molecule has 1 atom stereocenters. The maximum Gasteiger partial charge on any atom is 0.205 e. The quantitative estimate of drug-likeness (QED) is 0.285. The van der Waals surface area contributed by atoms with Gasteiger partial charge in [0.15, 0.2) is 11.5 Å². The molecule has 0 aliphatic carbocycles. The molecule has 35 heavy (non-hydrogen) atoms. The summed E-state index contributed by atoms with van der Waals surface area (Å²) < 4.78 is 18.4. The Bertz CT molecular complexity index is 1520. The molecular formula is C28H21IN2O4. The number of nitrogens with zero attached hydrogens (tertiary/aromatic N) is 1. The van der Waals surface area contributed by atoms with Crippen LogP contribution in [0, 0.1) is 14.9 Å². The normalized spacial score (nSPS) is 14.7. The molecule has 4 aromatic carbocycles. The van der Waals surface area contributed by atoms with Crippen molar-refractivity contribution in [1.82, 2.24) is 0 Å². The number of nitrogens with two attached hydrogens (primary N) is 1. The van der Waals surface area contributed by atoms with E-state index in [1.165, 1.54) is 6.07 Å². The van der Waals surface area contributed by atoms with Crippen LogP contribution in [0.4, 0.5) is 0 Å². The molecule has 6 nitrogen and oxygen atoms in total. The third-order valence-electron chi connectivity index (χ3n) is 6.04. The number of halogens is 1. The number of hydrogen-bond acceptors (Lipinski definition) is 6. The molecule has 1 heterocycles. The molecule has 0 amide bonds. The SMILES string of the molecule is COc1cc([C@H]2C(C#N)=C(N)Oc3cc(O)ccc32)cc(I)c1OCc1cccc2ccccc12. The Morgan fingerprint density at radius 1 is 1.09 bits per heavy atom. The predicted molar refractivity (Wildman–Crippen MR) is 141 cm³/mol. The van der Waals surface area contributed by atoms with Gasteiger partial charge in [0, 0.05) is 11.6 Å². The summed E-state index contributed by atoms with van der Waals surface area (Å²) in [5, 5.41) is 22.0. The highest BCUT2D eigenvalue weighted by atomic mass is 127. The molecule has 174 valence electrons. The minimum Gasteiger partial charge on any atom is -0.508 e. The van der Waals surface area contributed by atoms with Crippen LogP contribution in [-0.4, -0.2) is 12.2 Å². The molecule has 1 aliphatic heterocycles. The summed E-state index contributed by atoms with van der Waals surface area (Å²) >= 11 is 2.21. The van der Waals surface area contributed by atoms with Crippen LogP contribution in [-0.2, 0) is 6.61 Å². The highest BCUT2D eigenvalue weighted by Gasteiger charge is 2.32. The molecule has 0 saturated heterocycles. The third-order valence-corrected chi connectivity index (χ3v) is 6.84. The first-order valence-electron chi connectivity index (χ1n) is 10.9. The number of allylic oxidation sites excluding steroid dienone is 1. The van der Waals surface area contributed by atoms with E-state index in [1.54, 1.807) is 19.2 Å². The Balaban J connectivity index is 1.54. The lowest BCUT2D eigenvalue weighted by Gasteiger charge is -2.27. The Labute approximate surface area is 216 Å². The van der Waals surface area contributed by atoms with E-state index in [0.717, 1.165) is 31.0 Å². The molecule has 0 spiro atoms. The highest BCUT2D eigenvalue weighted by Crippen LogP contribution is 2.46. The zero-order valence-corrected chi connectivity index (χ0v) is 20.9. The van der Waals surface area contributed by atoms with E-state index in [4.69, 9.17) is 19.9 Å². The van der Waals surface area contributed by atoms with E-state index in [0.29, 0.717) is 29.4 Å². The van der Waals surface area contributed by atoms with E-state index < -0.39 is 5.92 Å². The molecule has 0 bridgehead atoms. The van der Waals surface area contributed by atoms with Crippen molar-refractivity contribution in [3.05, 3.63) is 105 Å². The van der Waals surface area contributed by atoms with Crippen molar-refractivity contribution in [2.45, 2.75) is 12.5 Å². The van der Waals surface area contributed by atoms with Gasteiger partial charge >= 0.3 is 0 Å². The minimum absolute atomic E-state index is 0.0147. The summed E-state index contributed by atoms with van der Waals surface area (Å²) in [4.78, 5) is 0. The number of rotatable bonds is 5. The lowest BCUT2D eigenvalue weighted by atomic mass is 9.83. The maximum atomic E-state index is 9.90. The van der Waals surface area contributed by atoms with Gasteiger partial charge in [0.2, 0.25) is 5.88 Å². The van der Waals surface area contributed by atoms with Crippen LogP contribution in [0.2, 0.25) is 0 Å². The molecule has 0 unspecified atom stereocenters. The number of hydrogen-bond donors (Lipinski definition) is 2. The number of aromatic hydroxyl groups is 1. The Kier molecular flexibility index (Phi) is 6.14. The number of phenols is 1. The summed E-state index contributed by atoms with van der Waals surface area (Å²) in [6.45, 7) is 0.378. The number of benzene rings is 4. The number of phenolic OH excluding ortho intramolecular Hbond substituents is 1. The van der Waals surface area contributed by atoms with Crippen molar-refractivity contribution in [3.63, 3.8) is 0 Å². The van der Waals surface area contributed by atoms with Crippen LogP contribution in [0.15, 0.2) is 84.3 Å². The van der Waals surface area contributed by atoms with Crippen molar-refractivity contribution < 1.29 is 19.3 Å². The number of fused-ring (bicyclic) bond motifs is 2. The van der Waals surface area contributed by atoms with Gasteiger partial charge in [0.1, 0.15) is 29.7 Å². The summed E-state index contributed by atoms with van der Waals surface area (Å²) in [5.74, 6) is 1.18. The Hall–Kier alpha value is -3.90. The summed E-state index contributed by atoms with van der Waals surface area (Å²) in [6.07, 6.45) is 0. The van der Waals surface area contributed by atoms with Gasteiger partial charge in [-0.1, -0.05) is 48.5 Å². The zero-order chi connectivity index (χ0) is 24.5. The molecule has 0 radical (unpaired) electrons. The largest absolute Gasteiger partial charge is 0.508 e. The molecule has 0 saturated carbocycles. The zero-order valence-electron chi connectivity index (χ0n) is 18.8. The lowest BCUT2D eigenvalue weighted by molar-refractivity contribution is 0.283. The van der Waals surface area contributed by atoms with Crippen LogP contribution in [0.3, 0.4) is 0 Å². The number of methoxy groups -OCH3 is 1. The van der Waals surface area contributed by atoms with Gasteiger partial charge < -0.3 is 25.1 Å². The first-order valence-corrected chi connectivity index (χ1v) is 12.0. The van der Waals surface area contributed by atoms with E-state index in [1.807, 2.05) is 30.3 Å². The van der Waals surface area contributed by atoms with E-state index in [-0.39, 0.29) is 11.6 Å². The number of ether oxygens (including phenoxy) is 3. The van der Waals surface area contributed by atoms with Gasteiger partial charge in [-0.2, -0.15) is 5.26 Å². The molecule has 0 fully saturated rings. The summed E-state index contributed by atoms with van der Waals surface area (Å²) in [7, 11) is 1.59. The van der Waals surface area contributed by atoms with Crippen LogP contribution >= 0.6 is 22.6 Å². The fourth-order valence-corrected chi connectivity index (χ4v) is 5.18. The molecule has 5 rings (SSSR count). The molecule has 1 aliphatic rings. The van der Waals surface area contributed by atoms with Crippen molar-refractivity contribution >= 4 is 33.4 Å². The van der Waals surface area contributed by atoms with E-state index >= 15 is 0 Å². The van der Waals surface area contributed by atoms with Crippen molar-refractivity contribution in [2.24, 2.45) is 5.73 Å². The summed E-state index contributed by atoms with van der Waals surface area (Å²) in [5.41, 5.74) is 8.98. The van der Waals surface area contributed by atoms with Gasteiger partial charge in [0.05, 0.1) is 16.6 Å². The van der Waals surface area contributed by atoms with Crippen molar-refractivity contribution in [3.8, 4) is 29.1 Å². The second-order valence-corrected chi connectivity index (χ2v) is 9.27. The topological polar surface area (TPSA) is 97.7 Å². The second-order valence-electron chi connectivity index (χ2n) is 8.11. The fourth-order valence-electron chi connectivity index (χ4n) is 4.40. The molecule has 4 aromatic rings. The highest BCUT2D eigenvalue weighted by molar-refractivity contribution is 14.1. The molecule has 0 aromatic heterocycles. The van der Waals surface area contributed by atoms with Crippen LogP contribution in [0.5, 0.6) is 23.0 Å². The average molecular weight is 576 g/mol. The van der Waals surface area contributed by atoms with Crippen LogP contribution < -0.4 is 19.9 Å². The van der Waals surface area contributed by atoms with E-state index in [9.17, 15) is 10.4 Å². The predicted octanol–water partition coefficient (Wildman–Crippen LogP) is 5.96. The van der Waals surface area contributed by atoms with E-state index in [2.05, 4.69) is 52.9 Å². The second kappa shape index (κ2) is 9.39. The maximum absolute atomic E-state index is 9.90. The first-order chi connectivity index (χ1) is 17.0. The Morgan fingerprint density at radius 2 is 1.89 bits per heavy atom. The van der Waals surface area contributed by atoms with Gasteiger partial charge in [-0.15, -0.1) is 0 Å². The van der Waals surface area contributed by atoms with Gasteiger partial charge in [-0.05, 0) is 62.7 Å². The third kappa shape index (κ3) is 4.21.